The zero-order valence-electron chi connectivity index (χ0n) is 15.5. The molecule has 0 saturated carbocycles. The van der Waals surface area contributed by atoms with Crippen LogP contribution < -0.4 is 10.2 Å². The number of hydrogen-bond acceptors (Lipinski definition) is 5. The van der Waals surface area contributed by atoms with Gasteiger partial charge in [-0.3, -0.25) is 9.36 Å². The molecule has 3 heterocycles. The number of nitrogens with one attached hydrogen (secondary N) is 1. The van der Waals surface area contributed by atoms with Gasteiger partial charge >= 0.3 is 0 Å². The van der Waals surface area contributed by atoms with Gasteiger partial charge < -0.3 is 10.2 Å². The van der Waals surface area contributed by atoms with Crippen molar-refractivity contribution in [3.8, 4) is 5.82 Å². The van der Waals surface area contributed by atoms with Crippen molar-refractivity contribution in [2.24, 2.45) is 0 Å². The number of rotatable bonds is 4. The molecule has 0 spiro atoms. The van der Waals surface area contributed by atoms with Gasteiger partial charge in [-0.15, -0.1) is 0 Å². The van der Waals surface area contributed by atoms with Gasteiger partial charge in [-0.25, -0.2) is 19.3 Å². The maximum Gasteiger partial charge on any atom is 0.275 e. The minimum atomic E-state index is -0.371. The molecule has 0 radical (unpaired) electrons. The molecule has 4 rings (SSSR count). The molecule has 0 aliphatic carbocycles. The monoisotopic (exact) mass is 380 g/mol. The topological polar surface area (TPSA) is 75.9 Å². The standard InChI is InChI=1S/C20H21FN6O/c1-14-4-2-3-9-27(14)19-10-18(22-12-23-19)26-11-17(24-13-26)20(28)25-16-7-5-15(21)6-8-16/h5-8,10-14H,2-4,9H2,1H3,(H,25,28)/t14-/m0/s1. The molecule has 1 aliphatic heterocycles. The fourth-order valence-corrected chi connectivity index (χ4v) is 3.37. The average molecular weight is 380 g/mol. The van der Waals surface area contributed by atoms with Crippen molar-refractivity contribution in [3.63, 3.8) is 0 Å². The highest BCUT2D eigenvalue weighted by Crippen LogP contribution is 2.23. The molecule has 0 bridgehead atoms. The Balaban J connectivity index is 1.51. The van der Waals surface area contributed by atoms with Crippen molar-refractivity contribution in [1.82, 2.24) is 19.5 Å². The zero-order chi connectivity index (χ0) is 19.5. The Morgan fingerprint density at radius 2 is 1.93 bits per heavy atom. The Bertz CT molecular complexity index is 971. The van der Waals surface area contributed by atoms with Crippen LogP contribution in [0.3, 0.4) is 0 Å². The summed E-state index contributed by atoms with van der Waals surface area (Å²) in [6.45, 7) is 3.18. The first kappa shape index (κ1) is 18.1. The quantitative estimate of drug-likeness (QED) is 0.750. The molecule has 144 valence electrons. The molecule has 1 saturated heterocycles. The second-order valence-corrected chi connectivity index (χ2v) is 6.90. The molecule has 1 amide bonds. The number of piperidine rings is 1. The van der Waals surface area contributed by atoms with E-state index < -0.39 is 0 Å². The summed E-state index contributed by atoms with van der Waals surface area (Å²) in [5.74, 6) is 0.800. The highest BCUT2D eigenvalue weighted by Gasteiger charge is 2.20. The van der Waals surface area contributed by atoms with E-state index in [0.29, 0.717) is 17.5 Å². The van der Waals surface area contributed by atoms with Crippen molar-refractivity contribution < 1.29 is 9.18 Å². The number of hydrogen-bond donors (Lipinski definition) is 1. The first-order valence-electron chi connectivity index (χ1n) is 9.30. The molecule has 28 heavy (non-hydrogen) atoms. The van der Waals surface area contributed by atoms with Gasteiger partial charge in [-0.2, -0.15) is 0 Å². The highest BCUT2D eigenvalue weighted by molar-refractivity contribution is 6.02. The molecule has 1 atom stereocenters. The number of halogens is 1. The number of anilines is 2. The fraction of sp³-hybridized carbons (Fsp3) is 0.300. The maximum absolute atomic E-state index is 13.0. The number of carbonyl (C=O) groups is 1. The van der Waals surface area contributed by atoms with Crippen LogP contribution >= 0.6 is 0 Å². The van der Waals surface area contributed by atoms with E-state index in [1.54, 1.807) is 17.1 Å². The molecule has 7 nitrogen and oxygen atoms in total. The summed E-state index contributed by atoms with van der Waals surface area (Å²) in [6, 6.07) is 7.93. The van der Waals surface area contributed by atoms with Crippen LogP contribution in [0.25, 0.3) is 5.82 Å². The van der Waals surface area contributed by atoms with Crippen molar-refractivity contribution in [2.75, 3.05) is 16.8 Å². The predicted octanol–water partition coefficient (Wildman–Crippen LogP) is 3.43. The molecule has 1 N–H and O–H groups in total. The Kier molecular flexibility index (Phi) is 5.01. The minimum Gasteiger partial charge on any atom is -0.354 e. The van der Waals surface area contributed by atoms with Crippen LogP contribution in [0, 0.1) is 5.82 Å². The number of carbonyl (C=O) groups excluding carboxylic acids is 1. The van der Waals surface area contributed by atoms with E-state index in [-0.39, 0.29) is 17.4 Å². The van der Waals surface area contributed by atoms with Crippen LogP contribution in [0.1, 0.15) is 36.7 Å². The summed E-state index contributed by atoms with van der Waals surface area (Å²) in [5, 5.41) is 2.70. The highest BCUT2D eigenvalue weighted by atomic mass is 19.1. The molecule has 2 aromatic heterocycles. The van der Waals surface area contributed by atoms with E-state index >= 15 is 0 Å². The number of nitrogens with zero attached hydrogens (tertiary/aromatic N) is 5. The predicted molar refractivity (Wildman–Crippen MR) is 104 cm³/mol. The number of benzene rings is 1. The number of amides is 1. The van der Waals surface area contributed by atoms with Crippen LogP contribution in [0.4, 0.5) is 15.9 Å². The summed E-state index contributed by atoms with van der Waals surface area (Å²) in [7, 11) is 0. The third-order valence-corrected chi connectivity index (χ3v) is 4.92. The normalized spacial score (nSPS) is 16.8. The van der Waals surface area contributed by atoms with Crippen LogP contribution in [0.2, 0.25) is 0 Å². The molecule has 8 heteroatoms. The molecular formula is C20H21FN6O. The van der Waals surface area contributed by atoms with Crippen LogP contribution in [-0.4, -0.2) is 38.0 Å². The Morgan fingerprint density at radius 1 is 1.14 bits per heavy atom. The lowest BCUT2D eigenvalue weighted by molar-refractivity contribution is 0.102. The Morgan fingerprint density at radius 3 is 2.71 bits per heavy atom. The van der Waals surface area contributed by atoms with Crippen molar-refractivity contribution in [1.29, 1.82) is 0 Å². The Hall–Kier alpha value is -3.29. The SMILES string of the molecule is C[C@H]1CCCCN1c1cc(-n2cnc(C(=O)Nc3ccc(F)cc3)c2)ncn1. The first-order chi connectivity index (χ1) is 13.6. The Labute approximate surface area is 162 Å². The van der Waals surface area contributed by atoms with Gasteiger partial charge in [-0.05, 0) is 50.5 Å². The molecular weight excluding hydrogens is 359 g/mol. The summed E-state index contributed by atoms with van der Waals surface area (Å²) in [5.41, 5.74) is 0.750. The van der Waals surface area contributed by atoms with E-state index in [4.69, 9.17) is 0 Å². The van der Waals surface area contributed by atoms with Gasteiger partial charge in [0.2, 0.25) is 0 Å². The number of imidazole rings is 1. The van der Waals surface area contributed by atoms with Gasteiger partial charge in [0, 0.05) is 30.5 Å². The van der Waals surface area contributed by atoms with Crippen molar-refractivity contribution in [2.45, 2.75) is 32.2 Å². The smallest absolute Gasteiger partial charge is 0.275 e. The van der Waals surface area contributed by atoms with Gasteiger partial charge in [0.25, 0.3) is 5.91 Å². The molecule has 1 aromatic carbocycles. The van der Waals surface area contributed by atoms with Gasteiger partial charge in [0.1, 0.15) is 35.8 Å². The molecule has 0 unspecified atom stereocenters. The lowest BCUT2D eigenvalue weighted by Crippen LogP contribution is -2.38. The lowest BCUT2D eigenvalue weighted by Gasteiger charge is -2.34. The molecule has 1 aliphatic rings. The zero-order valence-corrected chi connectivity index (χ0v) is 15.5. The summed E-state index contributed by atoms with van der Waals surface area (Å²) < 4.78 is 14.7. The average Bonchev–Trinajstić information content (AvgIpc) is 3.21. The molecule has 1 fully saturated rings. The maximum atomic E-state index is 13.0. The van der Waals surface area contributed by atoms with E-state index in [2.05, 4.69) is 32.1 Å². The van der Waals surface area contributed by atoms with E-state index in [0.717, 1.165) is 25.2 Å². The van der Waals surface area contributed by atoms with Crippen LogP contribution in [-0.2, 0) is 0 Å². The van der Waals surface area contributed by atoms with E-state index in [1.807, 2.05) is 6.07 Å². The summed E-state index contributed by atoms with van der Waals surface area (Å²) >= 11 is 0. The van der Waals surface area contributed by atoms with Gasteiger partial charge in [0.05, 0.1) is 0 Å². The van der Waals surface area contributed by atoms with Crippen molar-refractivity contribution >= 4 is 17.4 Å². The van der Waals surface area contributed by atoms with Gasteiger partial charge in [0.15, 0.2) is 0 Å². The second kappa shape index (κ2) is 7.75. The minimum absolute atomic E-state index is 0.246. The fourth-order valence-electron chi connectivity index (χ4n) is 3.37. The first-order valence-corrected chi connectivity index (χ1v) is 9.30. The van der Waals surface area contributed by atoms with Crippen molar-refractivity contribution in [3.05, 3.63) is 60.7 Å². The third kappa shape index (κ3) is 3.85. The lowest BCUT2D eigenvalue weighted by atomic mass is 10.0. The van der Waals surface area contributed by atoms with Crippen LogP contribution in [0.5, 0.6) is 0 Å². The number of aromatic nitrogens is 4. The van der Waals surface area contributed by atoms with E-state index in [9.17, 15) is 9.18 Å². The van der Waals surface area contributed by atoms with Gasteiger partial charge in [-0.1, -0.05) is 0 Å². The third-order valence-electron chi connectivity index (χ3n) is 4.92. The van der Waals surface area contributed by atoms with E-state index in [1.165, 1.54) is 37.0 Å². The van der Waals surface area contributed by atoms with Crippen LogP contribution in [0.15, 0.2) is 49.2 Å². The summed E-state index contributed by atoms with van der Waals surface area (Å²) in [4.78, 5) is 27.6. The second-order valence-electron chi connectivity index (χ2n) is 6.90. The summed E-state index contributed by atoms with van der Waals surface area (Å²) in [6.07, 6.45) is 8.24. The molecule has 3 aromatic rings. The largest absolute Gasteiger partial charge is 0.354 e.